The van der Waals surface area contributed by atoms with Crippen LogP contribution in [0.5, 0.6) is 5.75 Å². The maximum Gasteiger partial charge on any atom is 0.282 e. The summed E-state index contributed by atoms with van der Waals surface area (Å²) in [4.78, 5) is 14.4. The average molecular weight is 431 g/mol. The number of benzene rings is 2. The van der Waals surface area contributed by atoms with Gasteiger partial charge in [-0.15, -0.1) is 10.2 Å². The molecule has 1 N–H and O–H groups in total. The number of carbonyl (C=O) groups is 1. The van der Waals surface area contributed by atoms with Gasteiger partial charge in [-0.3, -0.25) is 9.69 Å². The van der Waals surface area contributed by atoms with Crippen molar-refractivity contribution in [2.45, 2.75) is 20.0 Å². The second kappa shape index (κ2) is 10.3. The van der Waals surface area contributed by atoms with Crippen molar-refractivity contribution in [3.05, 3.63) is 74.7 Å². The molecule has 6 nitrogen and oxygen atoms in total. The van der Waals surface area contributed by atoms with Gasteiger partial charge >= 0.3 is 0 Å². The van der Waals surface area contributed by atoms with E-state index in [1.165, 1.54) is 16.9 Å². The summed E-state index contributed by atoms with van der Waals surface area (Å²) < 4.78 is 5.70. The lowest BCUT2D eigenvalue weighted by molar-refractivity contribution is 0.0950. The molecule has 0 aliphatic heterocycles. The normalized spacial score (nSPS) is 10.9. The van der Waals surface area contributed by atoms with Crippen molar-refractivity contribution in [2.24, 2.45) is 0 Å². The SMILES string of the molecule is Cc1ccc(CNC(=O)c2nnc(CN(C)CCOc3ccc(Cl)cc3)s2)cc1. The van der Waals surface area contributed by atoms with E-state index in [9.17, 15) is 4.79 Å². The highest BCUT2D eigenvalue weighted by atomic mass is 35.5. The second-order valence-electron chi connectivity index (χ2n) is 6.71. The Morgan fingerprint density at radius 3 is 2.59 bits per heavy atom. The summed E-state index contributed by atoms with van der Waals surface area (Å²) in [5.41, 5.74) is 2.24. The largest absolute Gasteiger partial charge is 0.492 e. The van der Waals surface area contributed by atoms with E-state index in [1.807, 2.05) is 50.4 Å². The number of halogens is 1. The van der Waals surface area contributed by atoms with Gasteiger partial charge in [-0.1, -0.05) is 52.8 Å². The van der Waals surface area contributed by atoms with Gasteiger partial charge in [0, 0.05) is 18.1 Å². The minimum Gasteiger partial charge on any atom is -0.492 e. The lowest BCUT2D eigenvalue weighted by atomic mass is 10.1. The molecule has 0 bridgehead atoms. The summed E-state index contributed by atoms with van der Waals surface area (Å²) >= 11 is 7.17. The van der Waals surface area contributed by atoms with Crippen LogP contribution in [0.25, 0.3) is 0 Å². The third kappa shape index (κ3) is 6.81. The van der Waals surface area contributed by atoms with Crippen LogP contribution in [0, 0.1) is 6.92 Å². The van der Waals surface area contributed by atoms with Crippen molar-refractivity contribution in [3.8, 4) is 5.75 Å². The molecule has 0 unspecified atom stereocenters. The predicted molar refractivity (Wildman–Crippen MR) is 116 cm³/mol. The molecule has 1 amide bonds. The van der Waals surface area contributed by atoms with Crippen molar-refractivity contribution in [1.82, 2.24) is 20.4 Å². The number of amides is 1. The molecule has 0 atom stereocenters. The zero-order valence-electron chi connectivity index (χ0n) is 16.4. The monoisotopic (exact) mass is 430 g/mol. The van der Waals surface area contributed by atoms with Gasteiger partial charge in [-0.2, -0.15) is 0 Å². The third-order valence-electron chi connectivity index (χ3n) is 4.20. The number of ether oxygens (including phenoxy) is 1. The zero-order chi connectivity index (χ0) is 20.6. The van der Waals surface area contributed by atoms with Gasteiger partial charge in [-0.25, -0.2) is 0 Å². The molecule has 3 aromatic rings. The van der Waals surface area contributed by atoms with Gasteiger partial charge in [-0.05, 0) is 43.8 Å². The van der Waals surface area contributed by atoms with Crippen LogP contribution in [-0.2, 0) is 13.1 Å². The average Bonchev–Trinajstić information content (AvgIpc) is 3.17. The Morgan fingerprint density at radius 1 is 1.14 bits per heavy atom. The summed E-state index contributed by atoms with van der Waals surface area (Å²) in [7, 11) is 1.98. The molecule has 0 radical (unpaired) electrons. The summed E-state index contributed by atoms with van der Waals surface area (Å²) in [6.07, 6.45) is 0. The van der Waals surface area contributed by atoms with E-state index in [0.717, 1.165) is 22.9 Å². The Bertz CT molecular complexity index is 929. The fraction of sp³-hybridized carbons (Fsp3) is 0.286. The molecule has 152 valence electrons. The summed E-state index contributed by atoms with van der Waals surface area (Å²) in [6.45, 7) is 4.37. The van der Waals surface area contributed by atoms with Crippen LogP contribution in [0.3, 0.4) is 0 Å². The van der Waals surface area contributed by atoms with Crippen molar-refractivity contribution in [3.63, 3.8) is 0 Å². The number of carbonyl (C=O) groups excluding carboxylic acids is 1. The minimum atomic E-state index is -0.206. The maximum absolute atomic E-state index is 12.3. The molecule has 0 saturated heterocycles. The van der Waals surface area contributed by atoms with Crippen LogP contribution in [0.2, 0.25) is 5.02 Å². The fourth-order valence-corrected chi connectivity index (χ4v) is 3.50. The number of aromatic nitrogens is 2. The van der Waals surface area contributed by atoms with Crippen LogP contribution in [0.15, 0.2) is 48.5 Å². The first kappa shape index (κ1) is 21.2. The highest BCUT2D eigenvalue weighted by Crippen LogP contribution is 2.16. The quantitative estimate of drug-likeness (QED) is 0.557. The summed E-state index contributed by atoms with van der Waals surface area (Å²) in [5.74, 6) is 0.578. The second-order valence-corrected chi connectivity index (χ2v) is 8.21. The molecule has 0 fully saturated rings. The molecular formula is C21H23ClN4O2S. The summed E-state index contributed by atoms with van der Waals surface area (Å²) in [6, 6.07) is 15.3. The van der Waals surface area contributed by atoms with E-state index >= 15 is 0 Å². The van der Waals surface area contributed by atoms with Gasteiger partial charge in [0.25, 0.3) is 5.91 Å². The first-order valence-corrected chi connectivity index (χ1v) is 10.4. The molecule has 0 saturated carbocycles. The zero-order valence-corrected chi connectivity index (χ0v) is 18.0. The van der Waals surface area contributed by atoms with E-state index in [-0.39, 0.29) is 5.91 Å². The molecule has 0 spiro atoms. The third-order valence-corrected chi connectivity index (χ3v) is 5.35. The standard InChI is InChI=1S/C21H23ClN4O2S/c1-15-3-5-16(6-4-15)13-23-20(27)21-25-24-19(29-21)14-26(2)11-12-28-18-9-7-17(22)8-10-18/h3-10H,11-14H2,1-2H3,(H,23,27). The smallest absolute Gasteiger partial charge is 0.282 e. The van der Waals surface area contributed by atoms with Crippen molar-refractivity contribution < 1.29 is 9.53 Å². The fourth-order valence-electron chi connectivity index (χ4n) is 2.53. The maximum atomic E-state index is 12.3. The number of aryl methyl sites for hydroxylation is 1. The number of rotatable bonds is 9. The molecule has 2 aromatic carbocycles. The lowest BCUT2D eigenvalue weighted by Crippen LogP contribution is -2.23. The molecule has 1 aromatic heterocycles. The Balaban J connectivity index is 1.42. The van der Waals surface area contributed by atoms with E-state index < -0.39 is 0 Å². The molecule has 8 heteroatoms. The van der Waals surface area contributed by atoms with E-state index in [0.29, 0.717) is 29.7 Å². The van der Waals surface area contributed by atoms with E-state index in [2.05, 4.69) is 20.4 Å². The molecule has 3 rings (SSSR count). The lowest BCUT2D eigenvalue weighted by Gasteiger charge is -2.15. The highest BCUT2D eigenvalue weighted by molar-refractivity contribution is 7.13. The van der Waals surface area contributed by atoms with Crippen molar-refractivity contribution in [2.75, 3.05) is 20.2 Å². The molecular weight excluding hydrogens is 408 g/mol. The van der Waals surface area contributed by atoms with E-state index in [1.54, 1.807) is 12.1 Å². The molecule has 1 heterocycles. The van der Waals surface area contributed by atoms with E-state index in [4.69, 9.17) is 16.3 Å². The Kier molecular flexibility index (Phi) is 7.57. The van der Waals surface area contributed by atoms with Crippen LogP contribution in [0.1, 0.15) is 25.9 Å². The Morgan fingerprint density at radius 2 is 1.86 bits per heavy atom. The molecule has 0 aliphatic carbocycles. The predicted octanol–water partition coefficient (Wildman–Crippen LogP) is 3.94. The first-order chi connectivity index (χ1) is 14.0. The van der Waals surface area contributed by atoms with Gasteiger partial charge in [0.05, 0.1) is 6.54 Å². The van der Waals surface area contributed by atoms with Crippen LogP contribution in [0.4, 0.5) is 0 Å². The summed E-state index contributed by atoms with van der Waals surface area (Å²) in [5, 5.41) is 12.9. The molecule has 29 heavy (non-hydrogen) atoms. The number of nitrogens with one attached hydrogen (secondary N) is 1. The van der Waals surface area contributed by atoms with Gasteiger partial charge in [0.1, 0.15) is 17.4 Å². The van der Waals surface area contributed by atoms with Gasteiger partial charge in [0.2, 0.25) is 5.01 Å². The number of nitrogens with zero attached hydrogens (tertiary/aromatic N) is 3. The van der Waals surface area contributed by atoms with Crippen LogP contribution in [-0.4, -0.2) is 41.2 Å². The highest BCUT2D eigenvalue weighted by Gasteiger charge is 2.13. The topological polar surface area (TPSA) is 67.4 Å². The van der Waals surface area contributed by atoms with Gasteiger partial charge in [0.15, 0.2) is 0 Å². The molecule has 0 aliphatic rings. The number of likely N-dealkylation sites (N-methyl/N-ethyl adjacent to an activating group) is 1. The first-order valence-electron chi connectivity index (χ1n) is 9.22. The van der Waals surface area contributed by atoms with Gasteiger partial charge < -0.3 is 10.1 Å². The Labute approximate surface area is 179 Å². The van der Waals surface area contributed by atoms with Crippen LogP contribution >= 0.6 is 22.9 Å². The van der Waals surface area contributed by atoms with Crippen molar-refractivity contribution in [1.29, 1.82) is 0 Å². The number of hydrogen-bond acceptors (Lipinski definition) is 6. The van der Waals surface area contributed by atoms with Crippen LogP contribution < -0.4 is 10.1 Å². The van der Waals surface area contributed by atoms with Crippen molar-refractivity contribution >= 4 is 28.8 Å². The minimum absolute atomic E-state index is 0.206. The Hall–Kier alpha value is -2.48. The number of hydrogen-bond donors (Lipinski definition) is 1.